The summed E-state index contributed by atoms with van der Waals surface area (Å²) in [6.45, 7) is 1.63. The van der Waals surface area contributed by atoms with Crippen molar-refractivity contribution in [1.82, 2.24) is 4.98 Å². The maximum Gasteiger partial charge on any atom is 0.350 e. The molecule has 0 spiro atoms. The highest BCUT2D eigenvalue weighted by Crippen LogP contribution is 2.44. The maximum atomic E-state index is 13.2. The molecule has 0 bridgehead atoms. The Balaban J connectivity index is 1.88. The number of carbonyl (C=O) groups excluding carboxylic acids is 3. The summed E-state index contributed by atoms with van der Waals surface area (Å²) in [7, 11) is 1.26. The SMILES string of the molecule is COC(=O)c1sc(N2C(=O)C(O)=C(C(=O)c3cccs3)C2c2cccc(Br)c2)nc1C. The zero-order valence-electron chi connectivity index (χ0n) is 16.3. The predicted molar refractivity (Wildman–Crippen MR) is 121 cm³/mol. The molecule has 2 aromatic heterocycles. The van der Waals surface area contributed by atoms with Gasteiger partial charge in [-0.25, -0.2) is 9.78 Å². The van der Waals surface area contributed by atoms with E-state index in [2.05, 4.69) is 20.9 Å². The Bertz CT molecular complexity index is 1230. The highest BCUT2D eigenvalue weighted by Gasteiger charge is 2.46. The van der Waals surface area contributed by atoms with E-state index in [1.807, 2.05) is 6.07 Å². The Hall–Kier alpha value is -2.82. The van der Waals surface area contributed by atoms with E-state index in [0.717, 1.165) is 15.8 Å². The second-order valence-electron chi connectivity index (χ2n) is 6.60. The summed E-state index contributed by atoms with van der Waals surface area (Å²) in [5.74, 6) is -2.39. The highest BCUT2D eigenvalue weighted by atomic mass is 79.9. The van der Waals surface area contributed by atoms with Crippen LogP contribution in [0, 0.1) is 6.92 Å². The monoisotopic (exact) mass is 518 g/mol. The number of methoxy groups -OCH3 is 1. The zero-order valence-corrected chi connectivity index (χ0v) is 19.5. The number of halogens is 1. The number of amides is 1. The largest absolute Gasteiger partial charge is 0.503 e. The van der Waals surface area contributed by atoms with Crippen LogP contribution >= 0.6 is 38.6 Å². The number of thiazole rings is 1. The molecular weight excluding hydrogens is 504 g/mol. The molecule has 158 valence electrons. The molecule has 10 heteroatoms. The fraction of sp³-hybridized carbons (Fsp3) is 0.143. The lowest BCUT2D eigenvalue weighted by atomic mass is 9.96. The van der Waals surface area contributed by atoms with E-state index in [4.69, 9.17) is 4.74 Å². The highest BCUT2D eigenvalue weighted by molar-refractivity contribution is 9.10. The number of carbonyl (C=O) groups is 3. The number of nitrogens with zero attached hydrogens (tertiary/aromatic N) is 2. The summed E-state index contributed by atoms with van der Waals surface area (Å²) in [6, 6.07) is 9.59. The lowest BCUT2D eigenvalue weighted by Crippen LogP contribution is -2.31. The summed E-state index contributed by atoms with van der Waals surface area (Å²) in [5.41, 5.74) is 0.974. The van der Waals surface area contributed by atoms with Crippen LogP contribution in [0.15, 0.2) is 57.6 Å². The van der Waals surface area contributed by atoms with Gasteiger partial charge in [-0.2, -0.15) is 0 Å². The second-order valence-corrected chi connectivity index (χ2v) is 9.44. The third-order valence-electron chi connectivity index (χ3n) is 4.72. The van der Waals surface area contributed by atoms with Gasteiger partial charge in [0.25, 0.3) is 5.91 Å². The quantitative estimate of drug-likeness (QED) is 0.383. The minimum Gasteiger partial charge on any atom is -0.503 e. The van der Waals surface area contributed by atoms with Gasteiger partial charge in [0.1, 0.15) is 4.88 Å². The third kappa shape index (κ3) is 3.71. The molecule has 0 aliphatic carbocycles. The number of ether oxygens (including phenoxy) is 1. The van der Waals surface area contributed by atoms with Crippen LogP contribution in [-0.2, 0) is 9.53 Å². The van der Waals surface area contributed by atoms with Gasteiger partial charge in [0.15, 0.2) is 10.9 Å². The van der Waals surface area contributed by atoms with Crippen LogP contribution < -0.4 is 4.90 Å². The number of aryl methyl sites for hydroxylation is 1. The van der Waals surface area contributed by atoms with Crippen molar-refractivity contribution in [3.05, 3.63) is 78.6 Å². The number of thiophene rings is 1. The van der Waals surface area contributed by atoms with Crippen LogP contribution in [0.3, 0.4) is 0 Å². The number of hydrogen-bond acceptors (Lipinski definition) is 8. The Kier molecular flexibility index (Phi) is 5.78. The van der Waals surface area contributed by atoms with E-state index in [-0.39, 0.29) is 15.6 Å². The summed E-state index contributed by atoms with van der Waals surface area (Å²) in [4.78, 5) is 44.7. The molecule has 1 N–H and O–H groups in total. The molecule has 0 radical (unpaired) electrons. The van der Waals surface area contributed by atoms with Gasteiger partial charge >= 0.3 is 5.97 Å². The molecule has 31 heavy (non-hydrogen) atoms. The van der Waals surface area contributed by atoms with Crippen molar-refractivity contribution in [2.75, 3.05) is 12.0 Å². The molecular formula is C21H15BrN2O5S2. The van der Waals surface area contributed by atoms with Crippen LogP contribution in [0.4, 0.5) is 5.13 Å². The fourth-order valence-electron chi connectivity index (χ4n) is 3.33. The lowest BCUT2D eigenvalue weighted by molar-refractivity contribution is -0.117. The predicted octanol–water partition coefficient (Wildman–Crippen LogP) is 4.85. The second kappa shape index (κ2) is 8.37. The van der Waals surface area contributed by atoms with Crippen molar-refractivity contribution in [2.45, 2.75) is 13.0 Å². The van der Waals surface area contributed by atoms with E-state index >= 15 is 0 Å². The molecule has 0 fully saturated rings. The number of hydrogen-bond donors (Lipinski definition) is 1. The molecule has 3 heterocycles. The fourth-order valence-corrected chi connectivity index (χ4v) is 5.44. The van der Waals surface area contributed by atoms with Gasteiger partial charge in [-0.1, -0.05) is 45.5 Å². The van der Waals surface area contributed by atoms with E-state index in [9.17, 15) is 19.5 Å². The molecule has 1 amide bonds. The summed E-state index contributed by atoms with van der Waals surface area (Å²) < 4.78 is 5.53. The maximum absolute atomic E-state index is 13.2. The number of Topliss-reactive ketones (excluding diaryl/α,β-unsaturated/α-hetero) is 1. The molecule has 1 aromatic carbocycles. The normalized spacial score (nSPS) is 16.2. The van der Waals surface area contributed by atoms with Gasteiger partial charge in [0.05, 0.1) is 29.3 Å². The van der Waals surface area contributed by atoms with Gasteiger partial charge in [0.2, 0.25) is 5.78 Å². The van der Waals surface area contributed by atoms with Gasteiger partial charge in [-0.15, -0.1) is 11.3 Å². The molecule has 1 aliphatic heterocycles. The zero-order chi connectivity index (χ0) is 22.3. The number of aliphatic hydroxyl groups is 1. The number of ketones is 1. The van der Waals surface area contributed by atoms with Crippen molar-refractivity contribution in [2.24, 2.45) is 0 Å². The minimum absolute atomic E-state index is 0.0296. The van der Waals surface area contributed by atoms with Crippen molar-refractivity contribution in [3.63, 3.8) is 0 Å². The van der Waals surface area contributed by atoms with E-state index in [1.54, 1.807) is 42.6 Å². The lowest BCUT2D eigenvalue weighted by Gasteiger charge is -2.24. The first-order valence-corrected chi connectivity index (χ1v) is 11.5. The van der Waals surface area contributed by atoms with Crippen LogP contribution in [0.5, 0.6) is 0 Å². The molecule has 0 saturated carbocycles. The smallest absolute Gasteiger partial charge is 0.350 e. The molecule has 7 nitrogen and oxygen atoms in total. The number of aliphatic hydroxyl groups excluding tert-OH is 1. The van der Waals surface area contributed by atoms with Gasteiger partial charge in [0, 0.05) is 4.47 Å². The average Bonchev–Trinajstić information content (AvgIpc) is 3.47. The Morgan fingerprint density at radius 2 is 2.03 bits per heavy atom. The summed E-state index contributed by atoms with van der Waals surface area (Å²) >= 11 is 5.61. The first-order valence-electron chi connectivity index (χ1n) is 8.99. The molecule has 1 aliphatic rings. The number of aromatic nitrogens is 1. The first kappa shape index (κ1) is 21.4. The molecule has 1 atom stereocenters. The minimum atomic E-state index is -0.907. The summed E-state index contributed by atoms with van der Waals surface area (Å²) in [5, 5.41) is 12.7. The van der Waals surface area contributed by atoms with Gasteiger partial charge < -0.3 is 9.84 Å². The van der Waals surface area contributed by atoms with E-state index < -0.39 is 29.5 Å². The van der Waals surface area contributed by atoms with E-state index in [0.29, 0.717) is 16.1 Å². The molecule has 0 saturated heterocycles. The van der Waals surface area contributed by atoms with Crippen LogP contribution in [0.25, 0.3) is 0 Å². The number of esters is 1. The van der Waals surface area contributed by atoms with Crippen LogP contribution in [0.2, 0.25) is 0 Å². The first-order chi connectivity index (χ1) is 14.8. The standard InChI is InChI=1S/C21H15BrN2O5S2/c1-10-18(20(28)29-2)31-21(23-10)24-15(11-5-3-6-12(22)9-11)14(17(26)19(24)27)16(25)13-7-4-8-30-13/h3-9,15,26H,1-2H3. The van der Waals surface area contributed by atoms with Crippen molar-refractivity contribution >= 4 is 61.4 Å². The van der Waals surface area contributed by atoms with Crippen molar-refractivity contribution in [3.8, 4) is 0 Å². The average molecular weight is 519 g/mol. The van der Waals surface area contributed by atoms with Crippen LogP contribution in [-0.4, -0.2) is 34.9 Å². The van der Waals surface area contributed by atoms with Crippen molar-refractivity contribution in [1.29, 1.82) is 0 Å². The Labute approximate surface area is 193 Å². The molecule has 1 unspecified atom stereocenters. The topological polar surface area (TPSA) is 96.8 Å². The Morgan fingerprint density at radius 1 is 1.26 bits per heavy atom. The third-order valence-corrected chi connectivity index (χ3v) is 7.22. The summed E-state index contributed by atoms with van der Waals surface area (Å²) in [6.07, 6.45) is 0. The van der Waals surface area contributed by atoms with Crippen LogP contribution in [0.1, 0.15) is 36.6 Å². The van der Waals surface area contributed by atoms with Crippen molar-refractivity contribution < 1.29 is 24.2 Å². The van der Waals surface area contributed by atoms with Gasteiger partial charge in [-0.3, -0.25) is 14.5 Å². The number of anilines is 1. The molecule has 4 rings (SSSR count). The number of benzene rings is 1. The van der Waals surface area contributed by atoms with Gasteiger partial charge in [-0.05, 0) is 36.1 Å². The van der Waals surface area contributed by atoms with E-state index in [1.165, 1.54) is 23.3 Å². The molecule has 3 aromatic rings. The Morgan fingerprint density at radius 3 is 2.68 bits per heavy atom. The number of rotatable bonds is 5.